The summed E-state index contributed by atoms with van der Waals surface area (Å²) in [5, 5.41) is 9.61. The van der Waals surface area contributed by atoms with E-state index in [0.717, 1.165) is 5.56 Å². The van der Waals surface area contributed by atoms with Gasteiger partial charge in [0.15, 0.2) is 11.6 Å². The molecule has 0 bridgehead atoms. The first-order valence-electron chi connectivity index (χ1n) is 8.09. The lowest BCUT2D eigenvalue weighted by atomic mass is 10.1. The first kappa shape index (κ1) is 17.5. The highest BCUT2D eigenvalue weighted by Crippen LogP contribution is 2.19. The average molecular weight is 352 g/mol. The van der Waals surface area contributed by atoms with Gasteiger partial charge >= 0.3 is 0 Å². The molecule has 132 valence electrons. The number of carbonyl (C=O) groups excluding carboxylic acids is 2. The predicted molar refractivity (Wildman–Crippen MR) is 95.1 cm³/mol. The first-order valence-corrected chi connectivity index (χ1v) is 8.09. The van der Waals surface area contributed by atoms with Gasteiger partial charge in [-0.15, -0.1) is 0 Å². The number of H-pyrrole nitrogens is 1. The Kier molecular flexibility index (Phi) is 5.17. The van der Waals surface area contributed by atoms with Crippen LogP contribution in [0.4, 0.5) is 10.1 Å². The summed E-state index contributed by atoms with van der Waals surface area (Å²) in [6, 6.07) is 12.4. The average Bonchev–Trinajstić information content (AvgIpc) is 3.07. The summed E-state index contributed by atoms with van der Waals surface area (Å²) in [6.07, 6.45) is 0.0947. The van der Waals surface area contributed by atoms with Crippen LogP contribution in [0.15, 0.2) is 48.5 Å². The summed E-state index contributed by atoms with van der Waals surface area (Å²) in [5.74, 6) is 0.369. The van der Waals surface area contributed by atoms with Gasteiger partial charge in [0.25, 0.3) is 0 Å². The number of carbonyl (C=O) groups is 2. The Morgan fingerprint density at radius 1 is 1.12 bits per heavy atom. The van der Waals surface area contributed by atoms with E-state index in [9.17, 15) is 14.0 Å². The van der Waals surface area contributed by atoms with Crippen molar-refractivity contribution in [2.45, 2.75) is 19.8 Å². The normalized spacial score (nSPS) is 10.5. The molecule has 2 N–H and O–H groups in total. The highest BCUT2D eigenvalue weighted by atomic mass is 19.1. The third kappa shape index (κ3) is 4.38. The molecule has 0 atom stereocenters. The fourth-order valence-corrected chi connectivity index (χ4v) is 2.44. The van der Waals surface area contributed by atoms with E-state index in [0.29, 0.717) is 22.9 Å². The summed E-state index contributed by atoms with van der Waals surface area (Å²) in [6.45, 7) is 1.81. The molecule has 7 heteroatoms. The molecule has 0 saturated carbocycles. The van der Waals surface area contributed by atoms with E-state index >= 15 is 0 Å². The second-order valence-corrected chi connectivity index (χ2v) is 5.80. The van der Waals surface area contributed by atoms with Gasteiger partial charge < -0.3 is 5.32 Å². The minimum Gasteiger partial charge on any atom is -0.326 e. The van der Waals surface area contributed by atoms with Crippen LogP contribution in [-0.2, 0) is 4.79 Å². The van der Waals surface area contributed by atoms with Gasteiger partial charge in [-0.3, -0.25) is 14.7 Å². The van der Waals surface area contributed by atoms with Gasteiger partial charge in [-0.25, -0.2) is 9.37 Å². The molecule has 0 radical (unpaired) electrons. The number of hydrogen-bond acceptors (Lipinski definition) is 4. The molecule has 2 aromatic carbocycles. The number of rotatable bonds is 6. The van der Waals surface area contributed by atoms with Crippen molar-refractivity contribution in [2.75, 3.05) is 5.32 Å². The van der Waals surface area contributed by atoms with Crippen molar-refractivity contribution in [1.82, 2.24) is 15.2 Å². The lowest BCUT2D eigenvalue weighted by Crippen LogP contribution is -2.13. The molecular weight excluding hydrogens is 335 g/mol. The van der Waals surface area contributed by atoms with Crippen molar-refractivity contribution in [3.8, 4) is 11.4 Å². The number of aromatic amines is 1. The number of hydrogen-bond donors (Lipinski definition) is 2. The maximum absolute atomic E-state index is 12.9. The van der Waals surface area contributed by atoms with E-state index in [1.165, 1.54) is 24.3 Å². The molecule has 0 aliphatic rings. The number of Topliss-reactive ketones (excluding diaryl/α,β-unsaturated/α-hetero) is 1. The first-order chi connectivity index (χ1) is 12.5. The molecule has 1 aromatic heterocycles. The maximum atomic E-state index is 12.9. The Balaban J connectivity index is 1.58. The van der Waals surface area contributed by atoms with E-state index in [-0.39, 0.29) is 24.5 Å². The molecule has 3 aromatic rings. The van der Waals surface area contributed by atoms with Crippen molar-refractivity contribution in [3.63, 3.8) is 0 Å². The van der Waals surface area contributed by atoms with E-state index in [4.69, 9.17) is 0 Å². The highest BCUT2D eigenvalue weighted by Gasteiger charge is 2.11. The van der Waals surface area contributed by atoms with Gasteiger partial charge in [0.2, 0.25) is 5.91 Å². The number of halogens is 1. The van der Waals surface area contributed by atoms with Gasteiger partial charge in [-0.2, -0.15) is 5.10 Å². The summed E-state index contributed by atoms with van der Waals surface area (Å²) >= 11 is 0. The topological polar surface area (TPSA) is 87.7 Å². The molecule has 0 fully saturated rings. The Bertz CT molecular complexity index is 935. The Hall–Kier alpha value is -3.35. The predicted octanol–water partition coefficient (Wildman–Crippen LogP) is 3.52. The van der Waals surface area contributed by atoms with Crippen LogP contribution in [0.3, 0.4) is 0 Å². The second-order valence-electron chi connectivity index (χ2n) is 5.80. The van der Waals surface area contributed by atoms with Gasteiger partial charge in [0.1, 0.15) is 11.6 Å². The minimum absolute atomic E-state index is 0.0419. The smallest absolute Gasteiger partial charge is 0.224 e. The molecule has 0 saturated heterocycles. The van der Waals surface area contributed by atoms with Crippen LogP contribution < -0.4 is 5.32 Å². The van der Waals surface area contributed by atoms with Crippen LogP contribution >= 0.6 is 0 Å². The highest BCUT2D eigenvalue weighted by molar-refractivity contribution is 6.00. The number of aryl methyl sites for hydroxylation is 1. The van der Waals surface area contributed by atoms with Gasteiger partial charge in [-0.1, -0.05) is 12.1 Å². The van der Waals surface area contributed by atoms with Gasteiger partial charge in [-0.05, 0) is 43.3 Å². The molecule has 0 unspecified atom stereocenters. The van der Waals surface area contributed by atoms with Crippen LogP contribution in [0.1, 0.15) is 29.0 Å². The molecule has 3 rings (SSSR count). The van der Waals surface area contributed by atoms with Crippen molar-refractivity contribution in [1.29, 1.82) is 0 Å². The standard InChI is InChI=1S/C19H17FN4O2/c1-12-21-19(24-23-12)14-3-2-4-16(11-14)22-18(26)10-9-17(25)13-5-7-15(20)8-6-13/h2-8,11H,9-10H2,1H3,(H,22,26)(H,21,23,24). The molecule has 1 amide bonds. The van der Waals surface area contributed by atoms with E-state index in [1.54, 1.807) is 25.1 Å². The van der Waals surface area contributed by atoms with Crippen LogP contribution in [0.25, 0.3) is 11.4 Å². The lowest BCUT2D eigenvalue weighted by molar-refractivity contribution is -0.116. The second kappa shape index (κ2) is 7.69. The van der Waals surface area contributed by atoms with E-state index < -0.39 is 5.82 Å². The summed E-state index contributed by atoms with van der Waals surface area (Å²) in [4.78, 5) is 28.4. The minimum atomic E-state index is -0.402. The van der Waals surface area contributed by atoms with Crippen molar-refractivity contribution in [2.24, 2.45) is 0 Å². The van der Waals surface area contributed by atoms with Crippen molar-refractivity contribution in [3.05, 3.63) is 65.7 Å². The molecule has 6 nitrogen and oxygen atoms in total. The quantitative estimate of drug-likeness (QED) is 0.665. The maximum Gasteiger partial charge on any atom is 0.224 e. The Morgan fingerprint density at radius 2 is 1.88 bits per heavy atom. The number of amides is 1. The Morgan fingerprint density at radius 3 is 2.58 bits per heavy atom. The monoisotopic (exact) mass is 352 g/mol. The van der Waals surface area contributed by atoms with Gasteiger partial charge in [0, 0.05) is 29.7 Å². The van der Waals surface area contributed by atoms with Crippen LogP contribution in [-0.4, -0.2) is 26.9 Å². The third-order valence-corrected chi connectivity index (χ3v) is 3.75. The number of nitrogens with one attached hydrogen (secondary N) is 2. The molecule has 0 aliphatic carbocycles. The zero-order valence-electron chi connectivity index (χ0n) is 14.1. The van der Waals surface area contributed by atoms with Crippen LogP contribution in [0, 0.1) is 12.7 Å². The fraction of sp³-hybridized carbons (Fsp3) is 0.158. The van der Waals surface area contributed by atoms with Gasteiger partial charge in [0.05, 0.1) is 0 Å². The Labute approximate surface area is 149 Å². The summed E-state index contributed by atoms with van der Waals surface area (Å²) < 4.78 is 12.9. The van der Waals surface area contributed by atoms with Crippen LogP contribution in [0.5, 0.6) is 0 Å². The van der Waals surface area contributed by atoms with Crippen molar-refractivity contribution >= 4 is 17.4 Å². The number of ketones is 1. The largest absolute Gasteiger partial charge is 0.326 e. The molecule has 0 spiro atoms. The number of benzene rings is 2. The molecular formula is C19H17FN4O2. The SMILES string of the molecule is Cc1nc(-c2cccc(NC(=O)CCC(=O)c3ccc(F)cc3)c2)n[nH]1. The lowest BCUT2D eigenvalue weighted by Gasteiger charge is -2.06. The number of anilines is 1. The molecule has 0 aliphatic heterocycles. The fourth-order valence-electron chi connectivity index (χ4n) is 2.44. The zero-order valence-corrected chi connectivity index (χ0v) is 14.1. The zero-order chi connectivity index (χ0) is 18.5. The van der Waals surface area contributed by atoms with Crippen molar-refractivity contribution < 1.29 is 14.0 Å². The molecule has 1 heterocycles. The molecule has 26 heavy (non-hydrogen) atoms. The number of nitrogens with zero attached hydrogens (tertiary/aromatic N) is 2. The summed E-state index contributed by atoms with van der Waals surface area (Å²) in [5.41, 5.74) is 1.76. The van der Waals surface area contributed by atoms with Crippen LogP contribution in [0.2, 0.25) is 0 Å². The van der Waals surface area contributed by atoms with E-state index in [2.05, 4.69) is 20.5 Å². The van der Waals surface area contributed by atoms with E-state index in [1.807, 2.05) is 6.07 Å². The third-order valence-electron chi connectivity index (χ3n) is 3.75. The summed E-state index contributed by atoms with van der Waals surface area (Å²) in [7, 11) is 0. The number of aromatic nitrogens is 3.